The molecular weight excluding hydrogens is 304 g/mol. The van der Waals surface area contributed by atoms with Gasteiger partial charge in [0.25, 0.3) is 0 Å². The summed E-state index contributed by atoms with van der Waals surface area (Å²) in [6.45, 7) is 6.48. The number of anilines is 2. The Bertz CT molecular complexity index is 677. The number of rotatable bonds is 7. The van der Waals surface area contributed by atoms with Crippen molar-refractivity contribution >= 4 is 17.4 Å². The van der Waals surface area contributed by atoms with Crippen molar-refractivity contribution in [2.45, 2.75) is 39.7 Å². The molecule has 1 atom stereocenters. The Hall–Kier alpha value is -2.34. The van der Waals surface area contributed by atoms with Gasteiger partial charge in [-0.15, -0.1) is 0 Å². The molecule has 0 bridgehead atoms. The SMILES string of the molecule is CC(C)Cc1ccc([C@H](C)C(=O)Nc2cnn(CCO)c2N)cc1. The van der Waals surface area contributed by atoms with Crippen LogP contribution < -0.4 is 11.1 Å². The van der Waals surface area contributed by atoms with Crippen molar-refractivity contribution in [3.05, 3.63) is 41.6 Å². The van der Waals surface area contributed by atoms with Crippen LogP contribution in [0.3, 0.4) is 0 Å². The van der Waals surface area contributed by atoms with Crippen molar-refractivity contribution in [3.8, 4) is 0 Å². The number of nitrogen functional groups attached to an aromatic ring is 1. The van der Waals surface area contributed by atoms with Crippen LogP contribution in [0.25, 0.3) is 0 Å². The van der Waals surface area contributed by atoms with E-state index >= 15 is 0 Å². The Labute approximate surface area is 142 Å². The number of aromatic nitrogens is 2. The summed E-state index contributed by atoms with van der Waals surface area (Å²) in [5.41, 5.74) is 8.62. The molecule has 0 radical (unpaired) electrons. The van der Waals surface area contributed by atoms with Gasteiger partial charge in [-0.2, -0.15) is 5.10 Å². The highest BCUT2D eigenvalue weighted by molar-refractivity contribution is 5.97. The summed E-state index contributed by atoms with van der Waals surface area (Å²) in [7, 11) is 0. The third kappa shape index (κ3) is 4.35. The molecule has 0 unspecified atom stereocenters. The first-order chi connectivity index (χ1) is 11.4. The molecule has 2 aromatic rings. The van der Waals surface area contributed by atoms with Crippen LogP contribution in [0.1, 0.15) is 37.8 Å². The number of nitrogens with one attached hydrogen (secondary N) is 1. The predicted molar refractivity (Wildman–Crippen MR) is 95.8 cm³/mol. The summed E-state index contributed by atoms with van der Waals surface area (Å²) in [5, 5.41) is 15.8. The minimum Gasteiger partial charge on any atom is -0.394 e. The summed E-state index contributed by atoms with van der Waals surface area (Å²) in [4.78, 5) is 12.4. The lowest BCUT2D eigenvalue weighted by Gasteiger charge is -2.13. The van der Waals surface area contributed by atoms with E-state index in [1.165, 1.54) is 16.4 Å². The zero-order chi connectivity index (χ0) is 17.7. The van der Waals surface area contributed by atoms with Gasteiger partial charge in [-0.1, -0.05) is 38.1 Å². The van der Waals surface area contributed by atoms with Crippen molar-refractivity contribution in [1.29, 1.82) is 0 Å². The molecule has 0 fully saturated rings. The van der Waals surface area contributed by atoms with E-state index in [1.54, 1.807) is 0 Å². The molecule has 1 amide bonds. The Balaban J connectivity index is 2.04. The first kappa shape index (κ1) is 18.0. The lowest BCUT2D eigenvalue weighted by atomic mass is 9.96. The normalized spacial score (nSPS) is 12.4. The summed E-state index contributed by atoms with van der Waals surface area (Å²) in [5.74, 6) is 0.521. The van der Waals surface area contributed by atoms with E-state index in [-0.39, 0.29) is 18.4 Å². The van der Waals surface area contributed by atoms with E-state index in [0.29, 0.717) is 24.0 Å². The Morgan fingerprint density at radius 1 is 1.29 bits per heavy atom. The second-order valence-electron chi connectivity index (χ2n) is 6.44. The maximum absolute atomic E-state index is 12.4. The van der Waals surface area contributed by atoms with Gasteiger partial charge in [-0.3, -0.25) is 4.79 Å². The maximum Gasteiger partial charge on any atom is 0.231 e. The van der Waals surface area contributed by atoms with E-state index in [9.17, 15) is 4.79 Å². The molecule has 1 aromatic carbocycles. The number of carbonyl (C=O) groups excluding carboxylic acids is 1. The average Bonchev–Trinajstić information content (AvgIpc) is 2.88. The smallest absolute Gasteiger partial charge is 0.231 e. The molecule has 4 N–H and O–H groups in total. The van der Waals surface area contributed by atoms with E-state index in [4.69, 9.17) is 10.8 Å². The Kier molecular flexibility index (Phi) is 5.98. The Morgan fingerprint density at radius 3 is 2.54 bits per heavy atom. The molecule has 24 heavy (non-hydrogen) atoms. The summed E-state index contributed by atoms with van der Waals surface area (Å²) < 4.78 is 1.46. The lowest BCUT2D eigenvalue weighted by molar-refractivity contribution is -0.117. The number of aliphatic hydroxyl groups is 1. The fraction of sp³-hybridized carbons (Fsp3) is 0.444. The zero-order valence-electron chi connectivity index (χ0n) is 14.5. The number of aliphatic hydroxyl groups excluding tert-OH is 1. The van der Waals surface area contributed by atoms with Crippen molar-refractivity contribution in [2.75, 3.05) is 17.7 Å². The number of nitrogens with zero attached hydrogens (tertiary/aromatic N) is 2. The zero-order valence-corrected chi connectivity index (χ0v) is 14.5. The molecule has 0 aliphatic carbocycles. The van der Waals surface area contributed by atoms with Gasteiger partial charge in [0.15, 0.2) is 0 Å². The van der Waals surface area contributed by atoms with Crippen LogP contribution in [0.2, 0.25) is 0 Å². The minimum atomic E-state index is -0.293. The van der Waals surface area contributed by atoms with Crippen LogP contribution in [0, 0.1) is 5.92 Å². The van der Waals surface area contributed by atoms with Crippen LogP contribution in [0.4, 0.5) is 11.5 Å². The average molecular weight is 330 g/mol. The molecule has 1 heterocycles. The van der Waals surface area contributed by atoms with Gasteiger partial charge < -0.3 is 16.2 Å². The van der Waals surface area contributed by atoms with E-state index in [2.05, 4.69) is 36.4 Å². The number of carbonyl (C=O) groups is 1. The third-order valence-corrected chi connectivity index (χ3v) is 3.97. The topological polar surface area (TPSA) is 93.2 Å². The third-order valence-electron chi connectivity index (χ3n) is 3.97. The molecular formula is C18H26N4O2. The predicted octanol–water partition coefficient (Wildman–Crippen LogP) is 2.40. The van der Waals surface area contributed by atoms with Crippen molar-refractivity contribution in [3.63, 3.8) is 0 Å². The number of hydrogen-bond acceptors (Lipinski definition) is 4. The number of nitrogens with two attached hydrogens (primary N) is 1. The molecule has 0 spiro atoms. The highest BCUT2D eigenvalue weighted by atomic mass is 16.3. The molecule has 2 rings (SSSR count). The Morgan fingerprint density at radius 2 is 1.96 bits per heavy atom. The van der Waals surface area contributed by atoms with E-state index in [0.717, 1.165) is 12.0 Å². The van der Waals surface area contributed by atoms with Crippen molar-refractivity contribution in [1.82, 2.24) is 9.78 Å². The fourth-order valence-corrected chi connectivity index (χ4v) is 2.57. The second kappa shape index (κ2) is 7.97. The fourth-order valence-electron chi connectivity index (χ4n) is 2.57. The first-order valence-electron chi connectivity index (χ1n) is 8.24. The standard InChI is InChI=1S/C18H26N4O2/c1-12(2)10-14-4-6-15(7-5-14)13(3)18(24)21-16-11-20-22(8-9-23)17(16)19/h4-7,11-13,23H,8-10,19H2,1-3H3,(H,21,24)/t13-/m0/s1. The van der Waals surface area contributed by atoms with Gasteiger partial charge in [0.1, 0.15) is 11.5 Å². The van der Waals surface area contributed by atoms with Crippen LogP contribution in [-0.4, -0.2) is 27.4 Å². The van der Waals surface area contributed by atoms with Gasteiger partial charge in [-0.05, 0) is 30.4 Å². The van der Waals surface area contributed by atoms with Crippen LogP contribution in [0.5, 0.6) is 0 Å². The first-order valence-corrected chi connectivity index (χ1v) is 8.24. The second-order valence-corrected chi connectivity index (χ2v) is 6.44. The molecule has 0 saturated carbocycles. The molecule has 0 aliphatic rings. The van der Waals surface area contributed by atoms with E-state index < -0.39 is 0 Å². The lowest BCUT2D eigenvalue weighted by Crippen LogP contribution is -2.19. The van der Waals surface area contributed by atoms with Crippen molar-refractivity contribution < 1.29 is 9.90 Å². The quantitative estimate of drug-likeness (QED) is 0.727. The molecule has 6 heteroatoms. The minimum absolute atomic E-state index is 0.0571. The summed E-state index contributed by atoms with van der Waals surface area (Å²) in [6.07, 6.45) is 2.53. The maximum atomic E-state index is 12.4. The summed E-state index contributed by atoms with van der Waals surface area (Å²) >= 11 is 0. The monoisotopic (exact) mass is 330 g/mol. The molecule has 0 aliphatic heterocycles. The highest BCUT2D eigenvalue weighted by Gasteiger charge is 2.18. The van der Waals surface area contributed by atoms with Gasteiger partial charge >= 0.3 is 0 Å². The van der Waals surface area contributed by atoms with Gasteiger partial charge in [0.2, 0.25) is 5.91 Å². The number of benzene rings is 1. The van der Waals surface area contributed by atoms with Crippen molar-refractivity contribution in [2.24, 2.45) is 5.92 Å². The molecule has 130 valence electrons. The summed E-state index contributed by atoms with van der Waals surface area (Å²) in [6, 6.07) is 8.15. The van der Waals surface area contributed by atoms with Gasteiger partial charge in [-0.25, -0.2) is 4.68 Å². The van der Waals surface area contributed by atoms with Gasteiger partial charge in [0.05, 0.1) is 25.3 Å². The number of hydrogen-bond donors (Lipinski definition) is 3. The molecule has 0 saturated heterocycles. The van der Waals surface area contributed by atoms with Gasteiger partial charge in [0, 0.05) is 0 Å². The van der Waals surface area contributed by atoms with Crippen LogP contribution in [-0.2, 0) is 17.8 Å². The highest BCUT2D eigenvalue weighted by Crippen LogP contribution is 2.22. The largest absolute Gasteiger partial charge is 0.394 e. The van der Waals surface area contributed by atoms with E-state index in [1.807, 2.05) is 19.1 Å². The number of amides is 1. The molecule has 6 nitrogen and oxygen atoms in total. The van der Waals surface area contributed by atoms with Crippen LogP contribution >= 0.6 is 0 Å². The molecule has 1 aromatic heterocycles. The van der Waals surface area contributed by atoms with Crippen LogP contribution in [0.15, 0.2) is 30.5 Å².